The minimum absolute atomic E-state index is 0.125. The third kappa shape index (κ3) is 3.08. The van der Waals surface area contributed by atoms with Crippen molar-refractivity contribution in [2.24, 2.45) is 0 Å². The fourth-order valence-electron chi connectivity index (χ4n) is 3.32. The fraction of sp³-hybridized carbons (Fsp3) is 0.444. The van der Waals surface area contributed by atoms with Crippen LogP contribution in [0.1, 0.15) is 32.6 Å². The summed E-state index contributed by atoms with van der Waals surface area (Å²) >= 11 is 0. The van der Waals surface area contributed by atoms with Crippen molar-refractivity contribution >= 4 is 20.8 Å². The van der Waals surface area contributed by atoms with Gasteiger partial charge in [0, 0.05) is 12.6 Å². The maximum absolute atomic E-state index is 13.0. The van der Waals surface area contributed by atoms with Crippen LogP contribution < -0.4 is 4.74 Å². The van der Waals surface area contributed by atoms with Gasteiger partial charge in [-0.2, -0.15) is 4.31 Å². The maximum Gasteiger partial charge on any atom is 0.243 e. The molecular formula is C18H23NO3S. The molecule has 0 radical (unpaired) electrons. The molecule has 1 saturated heterocycles. The molecule has 0 saturated carbocycles. The monoisotopic (exact) mass is 333 g/mol. The number of ether oxygens (including phenoxy) is 1. The Balaban J connectivity index is 2.00. The van der Waals surface area contributed by atoms with E-state index in [2.05, 4.69) is 6.92 Å². The smallest absolute Gasteiger partial charge is 0.243 e. The molecule has 0 aromatic heterocycles. The van der Waals surface area contributed by atoms with E-state index in [0.29, 0.717) is 11.4 Å². The molecule has 1 heterocycles. The third-order valence-electron chi connectivity index (χ3n) is 4.67. The molecular weight excluding hydrogens is 310 g/mol. The maximum atomic E-state index is 13.0. The second-order valence-electron chi connectivity index (χ2n) is 6.05. The van der Waals surface area contributed by atoms with Crippen LogP contribution in [0.4, 0.5) is 0 Å². The minimum Gasteiger partial charge on any atom is -0.497 e. The summed E-state index contributed by atoms with van der Waals surface area (Å²) in [4.78, 5) is 0.385. The number of piperidine rings is 1. The Morgan fingerprint density at radius 3 is 2.61 bits per heavy atom. The summed E-state index contributed by atoms with van der Waals surface area (Å²) in [6.07, 6.45) is 3.88. The molecule has 1 aliphatic heterocycles. The van der Waals surface area contributed by atoms with Gasteiger partial charge in [0.1, 0.15) is 5.75 Å². The van der Waals surface area contributed by atoms with Crippen molar-refractivity contribution in [3.05, 3.63) is 36.4 Å². The van der Waals surface area contributed by atoms with Gasteiger partial charge in [-0.1, -0.05) is 25.5 Å². The molecule has 4 nitrogen and oxygen atoms in total. The zero-order valence-electron chi connectivity index (χ0n) is 13.7. The molecule has 3 rings (SSSR count). The van der Waals surface area contributed by atoms with Crippen molar-refractivity contribution in [1.82, 2.24) is 4.31 Å². The number of nitrogens with zero attached hydrogens (tertiary/aromatic N) is 1. The lowest BCUT2D eigenvalue weighted by Crippen LogP contribution is -2.43. The zero-order valence-corrected chi connectivity index (χ0v) is 14.5. The fourth-order valence-corrected chi connectivity index (χ4v) is 5.13. The van der Waals surface area contributed by atoms with Crippen molar-refractivity contribution in [2.45, 2.75) is 43.5 Å². The van der Waals surface area contributed by atoms with Crippen molar-refractivity contribution in [1.29, 1.82) is 0 Å². The molecule has 0 amide bonds. The van der Waals surface area contributed by atoms with Crippen molar-refractivity contribution in [2.75, 3.05) is 13.7 Å². The summed E-state index contributed by atoms with van der Waals surface area (Å²) in [6, 6.07) is 11.1. The first-order valence-electron chi connectivity index (χ1n) is 8.16. The lowest BCUT2D eigenvalue weighted by atomic mass is 10.0. The highest BCUT2D eigenvalue weighted by atomic mass is 32.2. The van der Waals surface area contributed by atoms with Crippen LogP contribution in [-0.4, -0.2) is 32.4 Å². The molecule has 1 fully saturated rings. The minimum atomic E-state index is -3.43. The van der Waals surface area contributed by atoms with Crippen LogP contribution in [-0.2, 0) is 10.0 Å². The molecule has 2 aromatic rings. The highest BCUT2D eigenvalue weighted by Crippen LogP contribution is 2.29. The molecule has 1 atom stereocenters. The lowest BCUT2D eigenvalue weighted by Gasteiger charge is -2.34. The average molecular weight is 333 g/mol. The molecule has 2 aromatic carbocycles. The third-order valence-corrected chi connectivity index (χ3v) is 6.62. The summed E-state index contributed by atoms with van der Waals surface area (Å²) in [6.45, 7) is 2.69. The summed E-state index contributed by atoms with van der Waals surface area (Å²) in [7, 11) is -1.80. The Hall–Kier alpha value is -1.59. The Bertz CT molecular complexity index is 801. The van der Waals surface area contributed by atoms with Gasteiger partial charge >= 0.3 is 0 Å². The lowest BCUT2D eigenvalue weighted by molar-refractivity contribution is 0.246. The number of fused-ring (bicyclic) bond motifs is 1. The topological polar surface area (TPSA) is 46.6 Å². The van der Waals surface area contributed by atoms with Crippen LogP contribution in [0.2, 0.25) is 0 Å². The normalized spacial score (nSPS) is 19.8. The van der Waals surface area contributed by atoms with E-state index >= 15 is 0 Å². The van der Waals surface area contributed by atoms with Gasteiger partial charge in [0.15, 0.2) is 0 Å². The Morgan fingerprint density at radius 2 is 1.87 bits per heavy atom. The molecule has 124 valence electrons. The van der Waals surface area contributed by atoms with E-state index in [1.807, 2.05) is 24.3 Å². The first kappa shape index (κ1) is 16.3. The van der Waals surface area contributed by atoms with Gasteiger partial charge < -0.3 is 4.74 Å². The largest absolute Gasteiger partial charge is 0.497 e. The van der Waals surface area contributed by atoms with E-state index < -0.39 is 10.0 Å². The Morgan fingerprint density at radius 1 is 1.13 bits per heavy atom. The van der Waals surface area contributed by atoms with Crippen molar-refractivity contribution in [3.63, 3.8) is 0 Å². The SMILES string of the molecule is CC[C@H]1CCCCN1S(=O)(=O)c1ccc2cc(OC)ccc2c1. The first-order valence-corrected chi connectivity index (χ1v) is 9.60. The standard InChI is InChI=1S/C18H23NO3S/c1-3-16-6-4-5-11-19(16)23(20,21)18-10-8-14-12-17(22-2)9-7-15(14)13-18/h7-10,12-13,16H,3-6,11H2,1-2H3/t16-/m0/s1. The van der Waals surface area contributed by atoms with Crippen LogP contribution in [0.15, 0.2) is 41.3 Å². The highest BCUT2D eigenvalue weighted by molar-refractivity contribution is 7.89. The molecule has 23 heavy (non-hydrogen) atoms. The van der Waals surface area contributed by atoms with Crippen molar-refractivity contribution < 1.29 is 13.2 Å². The number of benzene rings is 2. The van der Waals surface area contributed by atoms with Crippen LogP contribution in [0.3, 0.4) is 0 Å². The van der Waals surface area contributed by atoms with Gasteiger partial charge in [-0.25, -0.2) is 8.42 Å². The Labute approximate surface area is 138 Å². The number of hydrogen-bond acceptors (Lipinski definition) is 3. The number of hydrogen-bond donors (Lipinski definition) is 0. The van der Waals surface area contributed by atoms with E-state index in [1.165, 1.54) is 0 Å². The summed E-state index contributed by atoms with van der Waals surface area (Å²) in [5, 5.41) is 1.89. The second kappa shape index (κ2) is 6.49. The molecule has 0 aliphatic carbocycles. The van der Waals surface area contributed by atoms with E-state index in [-0.39, 0.29) is 6.04 Å². The average Bonchev–Trinajstić information content (AvgIpc) is 2.60. The van der Waals surface area contributed by atoms with Crippen LogP contribution in [0.5, 0.6) is 5.75 Å². The highest BCUT2D eigenvalue weighted by Gasteiger charge is 2.32. The van der Waals surface area contributed by atoms with Gasteiger partial charge in [-0.3, -0.25) is 0 Å². The molecule has 0 spiro atoms. The molecule has 1 aliphatic rings. The molecule has 0 bridgehead atoms. The first-order chi connectivity index (χ1) is 11.1. The summed E-state index contributed by atoms with van der Waals surface area (Å²) < 4.78 is 33.0. The van der Waals surface area contributed by atoms with Crippen LogP contribution in [0, 0.1) is 0 Å². The van der Waals surface area contributed by atoms with E-state index in [1.54, 1.807) is 23.5 Å². The van der Waals surface area contributed by atoms with Crippen molar-refractivity contribution in [3.8, 4) is 5.75 Å². The van der Waals surface area contributed by atoms with E-state index in [0.717, 1.165) is 42.2 Å². The van der Waals surface area contributed by atoms with Crippen LogP contribution >= 0.6 is 0 Å². The molecule has 0 N–H and O–H groups in total. The van der Waals surface area contributed by atoms with Gasteiger partial charge in [0.25, 0.3) is 0 Å². The number of methoxy groups -OCH3 is 1. The molecule has 0 unspecified atom stereocenters. The van der Waals surface area contributed by atoms with E-state index in [9.17, 15) is 8.42 Å². The summed E-state index contributed by atoms with van der Waals surface area (Å²) in [5.74, 6) is 0.773. The van der Waals surface area contributed by atoms with Gasteiger partial charge in [-0.15, -0.1) is 0 Å². The van der Waals surface area contributed by atoms with E-state index in [4.69, 9.17) is 4.74 Å². The number of sulfonamides is 1. The molecule has 5 heteroatoms. The van der Waals surface area contributed by atoms with Crippen LogP contribution in [0.25, 0.3) is 10.8 Å². The van der Waals surface area contributed by atoms with Gasteiger partial charge in [-0.05, 0) is 54.3 Å². The van der Waals surface area contributed by atoms with Gasteiger partial charge in [0.2, 0.25) is 10.0 Å². The summed E-state index contributed by atoms with van der Waals surface area (Å²) in [5.41, 5.74) is 0. The predicted octanol–water partition coefficient (Wildman–Crippen LogP) is 3.80. The number of rotatable bonds is 4. The van der Waals surface area contributed by atoms with Gasteiger partial charge in [0.05, 0.1) is 12.0 Å². The second-order valence-corrected chi connectivity index (χ2v) is 7.94. The predicted molar refractivity (Wildman–Crippen MR) is 92.3 cm³/mol. The zero-order chi connectivity index (χ0) is 16.4. The quantitative estimate of drug-likeness (QED) is 0.855. The Kier molecular flexibility index (Phi) is 4.60.